The van der Waals surface area contributed by atoms with Crippen LogP contribution in [0.4, 0.5) is 18.3 Å². The number of fused-ring (bicyclic) bond motifs is 1. The first-order valence-corrected chi connectivity index (χ1v) is 13.1. The first kappa shape index (κ1) is 31.0. The second kappa shape index (κ2) is 14.2. The number of halogens is 4. The summed E-state index contributed by atoms with van der Waals surface area (Å²) in [6.07, 6.45) is -4.58. The second-order valence-corrected chi connectivity index (χ2v) is 9.98. The van der Waals surface area contributed by atoms with E-state index in [9.17, 15) is 23.1 Å². The number of thiazole rings is 1. The molecule has 214 valence electrons. The van der Waals surface area contributed by atoms with E-state index in [0.717, 1.165) is 23.5 Å². The number of amides is 1. The highest BCUT2D eigenvalue weighted by Crippen LogP contribution is 2.37. The molecule has 0 unspecified atom stereocenters. The number of aromatic hydroxyl groups is 1. The summed E-state index contributed by atoms with van der Waals surface area (Å²) >= 11 is 7.14. The van der Waals surface area contributed by atoms with Crippen molar-refractivity contribution in [1.82, 2.24) is 9.88 Å². The lowest BCUT2D eigenvalue weighted by atomic mass is 10.1. The van der Waals surface area contributed by atoms with Crippen LogP contribution in [-0.4, -0.2) is 74.6 Å². The van der Waals surface area contributed by atoms with Gasteiger partial charge in [0.05, 0.1) is 47.8 Å². The van der Waals surface area contributed by atoms with Gasteiger partial charge in [0, 0.05) is 56.5 Å². The Morgan fingerprint density at radius 1 is 1.13 bits per heavy atom. The predicted molar refractivity (Wildman–Crippen MR) is 143 cm³/mol. The Bertz CT molecular complexity index is 1270. The van der Waals surface area contributed by atoms with Crippen LogP contribution in [0.15, 0.2) is 24.3 Å². The Hall–Kier alpha value is -2.52. The topological polar surface area (TPSA) is 119 Å². The number of hydrogen-bond donors (Lipinski definition) is 3. The van der Waals surface area contributed by atoms with Crippen LogP contribution in [0.1, 0.15) is 27.0 Å². The smallest absolute Gasteiger partial charge is 0.416 e. The number of hydrogen-bond acceptors (Lipinski definition) is 9. The number of rotatable bonds is 14. The molecule has 0 spiro atoms. The lowest BCUT2D eigenvalue weighted by molar-refractivity contribution is -0.137. The van der Waals surface area contributed by atoms with Gasteiger partial charge in [0.1, 0.15) is 5.75 Å². The van der Waals surface area contributed by atoms with Crippen LogP contribution in [-0.2, 0) is 33.5 Å². The summed E-state index contributed by atoms with van der Waals surface area (Å²) in [5.74, 6) is -0.985. The maximum absolute atomic E-state index is 13.5. The molecule has 0 saturated carbocycles. The van der Waals surface area contributed by atoms with Gasteiger partial charge in [-0.2, -0.15) is 13.2 Å². The van der Waals surface area contributed by atoms with Gasteiger partial charge in [-0.25, -0.2) is 4.98 Å². The molecule has 14 heteroatoms. The number of nitrogens with zero attached hydrogens (tertiary/aromatic N) is 2. The second-order valence-electron chi connectivity index (χ2n) is 8.52. The normalized spacial score (nSPS) is 12.0. The molecule has 0 atom stereocenters. The van der Waals surface area contributed by atoms with E-state index < -0.39 is 17.6 Å². The third-order valence-corrected chi connectivity index (χ3v) is 6.79. The van der Waals surface area contributed by atoms with Crippen molar-refractivity contribution in [2.45, 2.75) is 19.3 Å². The molecule has 0 bridgehead atoms. The fourth-order valence-corrected chi connectivity index (χ4v) is 4.95. The molecule has 3 rings (SSSR count). The van der Waals surface area contributed by atoms with Crippen LogP contribution in [0.5, 0.6) is 5.75 Å². The number of carbonyl (C=O) groups is 1. The zero-order chi connectivity index (χ0) is 28.6. The quantitative estimate of drug-likeness (QED) is 0.235. The van der Waals surface area contributed by atoms with E-state index in [4.69, 9.17) is 31.5 Å². The molecule has 2 aromatic carbocycles. The van der Waals surface area contributed by atoms with Gasteiger partial charge in [0.15, 0.2) is 5.13 Å². The number of nitrogens with one attached hydrogen (secondary N) is 1. The van der Waals surface area contributed by atoms with Gasteiger partial charge in [-0.15, -0.1) is 0 Å². The number of phenolic OH excluding ortho intramolecular Hbond substituents is 1. The number of benzene rings is 2. The van der Waals surface area contributed by atoms with E-state index in [0.29, 0.717) is 31.9 Å². The standard InChI is InChI=1S/C25H30ClF3N4O5S/c1-36-7-4-33(5-8-37-2)13-15-10-18(26)12-19(22(15)34)23(35)32-24-31-21-16(14-38-6-3-30)9-17(25(27,28)29)11-20(21)39-24/h9-12,34H,3-8,13-14,30H2,1-2H3,(H,31,32,35). The number of nitrogens with two attached hydrogens (primary N) is 1. The van der Waals surface area contributed by atoms with Gasteiger partial charge in [-0.3, -0.25) is 15.0 Å². The molecule has 0 aliphatic rings. The Morgan fingerprint density at radius 3 is 2.44 bits per heavy atom. The molecule has 39 heavy (non-hydrogen) atoms. The van der Waals surface area contributed by atoms with Gasteiger partial charge in [0.2, 0.25) is 0 Å². The van der Waals surface area contributed by atoms with Gasteiger partial charge in [-0.05, 0) is 24.3 Å². The van der Waals surface area contributed by atoms with Gasteiger partial charge < -0.3 is 25.1 Å². The highest BCUT2D eigenvalue weighted by molar-refractivity contribution is 7.22. The van der Waals surface area contributed by atoms with E-state index in [1.807, 2.05) is 4.90 Å². The van der Waals surface area contributed by atoms with E-state index in [1.54, 1.807) is 20.3 Å². The Kier molecular flexibility index (Phi) is 11.3. The molecule has 0 saturated heterocycles. The van der Waals surface area contributed by atoms with Crippen molar-refractivity contribution in [3.05, 3.63) is 51.5 Å². The monoisotopic (exact) mass is 590 g/mol. The van der Waals surface area contributed by atoms with Crippen LogP contribution in [0.3, 0.4) is 0 Å². The highest BCUT2D eigenvalue weighted by Gasteiger charge is 2.32. The average Bonchev–Trinajstić information content (AvgIpc) is 3.29. The van der Waals surface area contributed by atoms with Crippen LogP contribution >= 0.6 is 22.9 Å². The molecule has 1 heterocycles. The van der Waals surface area contributed by atoms with Crippen LogP contribution in [0.25, 0.3) is 10.2 Å². The summed E-state index contributed by atoms with van der Waals surface area (Å²) in [7, 11) is 3.16. The molecular formula is C25H30ClF3N4O5S. The predicted octanol–water partition coefficient (Wildman–Crippen LogP) is 4.50. The third kappa shape index (κ3) is 8.48. The average molecular weight is 591 g/mol. The SMILES string of the molecule is COCCN(CCOC)Cc1cc(Cl)cc(C(=O)Nc2nc3c(COCCN)cc(C(F)(F)F)cc3s2)c1O. The zero-order valence-corrected chi connectivity index (χ0v) is 23.0. The third-order valence-electron chi connectivity index (χ3n) is 5.66. The number of alkyl halides is 3. The fraction of sp³-hybridized carbons (Fsp3) is 0.440. The summed E-state index contributed by atoms with van der Waals surface area (Å²) in [4.78, 5) is 19.4. The number of carbonyl (C=O) groups excluding carboxylic acids is 1. The molecule has 0 fully saturated rings. The zero-order valence-electron chi connectivity index (χ0n) is 21.4. The Labute approximate surface area is 232 Å². The first-order chi connectivity index (χ1) is 18.6. The molecule has 3 aromatic rings. The minimum absolute atomic E-state index is 0.0529. The largest absolute Gasteiger partial charge is 0.507 e. The van der Waals surface area contributed by atoms with E-state index in [1.165, 1.54) is 6.07 Å². The summed E-state index contributed by atoms with van der Waals surface area (Å²) < 4.78 is 56.2. The van der Waals surface area contributed by atoms with Crippen LogP contribution < -0.4 is 11.1 Å². The molecular weight excluding hydrogens is 561 g/mol. The molecule has 9 nitrogen and oxygen atoms in total. The number of aromatic nitrogens is 1. The highest BCUT2D eigenvalue weighted by atomic mass is 35.5. The molecule has 0 aliphatic carbocycles. The summed E-state index contributed by atoms with van der Waals surface area (Å²) in [6, 6.07) is 4.81. The lowest BCUT2D eigenvalue weighted by Crippen LogP contribution is -2.30. The molecule has 0 radical (unpaired) electrons. The van der Waals surface area contributed by atoms with E-state index in [2.05, 4.69) is 10.3 Å². The minimum Gasteiger partial charge on any atom is -0.507 e. The number of ether oxygens (including phenoxy) is 3. The number of anilines is 1. The molecule has 1 aromatic heterocycles. The summed E-state index contributed by atoms with van der Waals surface area (Å²) in [5.41, 5.74) is 5.35. The van der Waals surface area contributed by atoms with E-state index >= 15 is 0 Å². The van der Waals surface area contributed by atoms with Gasteiger partial charge >= 0.3 is 6.18 Å². The van der Waals surface area contributed by atoms with Crippen molar-refractivity contribution in [2.24, 2.45) is 5.73 Å². The van der Waals surface area contributed by atoms with E-state index in [-0.39, 0.29) is 63.6 Å². The maximum atomic E-state index is 13.5. The van der Waals surface area contributed by atoms with Crippen LogP contribution in [0.2, 0.25) is 5.02 Å². The Morgan fingerprint density at radius 2 is 1.82 bits per heavy atom. The van der Waals surface area contributed by atoms with Crippen molar-refractivity contribution in [3.8, 4) is 5.75 Å². The van der Waals surface area contributed by atoms with Crippen molar-refractivity contribution in [1.29, 1.82) is 0 Å². The van der Waals surface area contributed by atoms with Crippen molar-refractivity contribution in [3.63, 3.8) is 0 Å². The summed E-state index contributed by atoms with van der Waals surface area (Å²) in [5, 5.41) is 13.8. The van der Waals surface area contributed by atoms with Crippen molar-refractivity contribution in [2.75, 3.05) is 59.0 Å². The first-order valence-electron chi connectivity index (χ1n) is 11.9. The molecule has 4 N–H and O–H groups in total. The lowest BCUT2D eigenvalue weighted by Gasteiger charge is -2.22. The maximum Gasteiger partial charge on any atom is 0.416 e. The molecule has 1 amide bonds. The van der Waals surface area contributed by atoms with Crippen molar-refractivity contribution < 1.29 is 37.3 Å². The fourth-order valence-electron chi connectivity index (χ4n) is 3.76. The Balaban J connectivity index is 1.89. The van der Waals surface area contributed by atoms with Gasteiger partial charge in [0.25, 0.3) is 5.91 Å². The van der Waals surface area contributed by atoms with Crippen LogP contribution in [0, 0.1) is 0 Å². The van der Waals surface area contributed by atoms with Gasteiger partial charge in [-0.1, -0.05) is 22.9 Å². The minimum atomic E-state index is -4.58. The molecule has 0 aliphatic heterocycles. The summed E-state index contributed by atoms with van der Waals surface area (Å²) in [6.45, 7) is 2.52. The van der Waals surface area contributed by atoms with Crippen molar-refractivity contribution >= 4 is 44.2 Å². The number of phenols is 1. The number of methoxy groups -OCH3 is 2.